The molecule has 18 heavy (non-hydrogen) atoms. The average Bonchev–Trinajstić information content (AvgIpc) is 2.45. The summed E-state index contributed by atoms with van der Waals surface area (Å²) in [7, 11) is 0. The van der Waals surface area contributed by atoms with E-state index < -0.39 is 0 Å². The molecule has 1 aliphatic rings. The van der Waals surface area contributed by atoms with Crippen LogP contribution in [0.25, 0.3) is 0 Å². The standard InChI is InChI=1S/C16H26N2/c1-2-14-3-5-15(6-4-14)7-12-18-13-16-8-10-17-11-9-16/h3-6,16-18H,2,7-13H2,1H3. The van der Waals surface area contributed by atoms with E-state index in [9.17, 15) is 0 Å². The minimum atomic E-state index is 0.883. The fraction of sp³-hybridized carbons (Fsp3) is 0.625. The molecule has 1 saturated heterocycles. The number of benzene rings is 1. The largest absolute Gasteiger partial charge is 0.317 e. The van der Waals surface area contributed by atoms with Gasteiger partial charge >= 0.3 is 0 Å². The summed E-state index contributed by atoms with van der Waals surface area (Å²) < 4.78 is 0. The van der Waals surface area contributed by atoms with Crippen LogP contribution in [0.5, 0.6) is 0 Å². The Morgan fingerprint density at radius 3 is 2.44 bits per heavy atom. The van der Waals surface area contributed by atoms with Crippen molar-refractivity contribution in [2.24, 2.45) is 5.92 Å². The van der Waals surface area contributed by atoms with E-state index in [0.29, 0.717) is 0 Å². The maximum atomic E-state index is 3.60. The predicted molar refractivity (Wildman–Crippen MR) is 78.0 cm³/mol. The predicted octanol–water partition coefficient (Wildman–Crippen LogP) is 2.38. The van der Waals surface area contributed by atoms with Gasteiger partial charge in [0.15, 0.2) is 0 Å². The molecular formula is C16H26N2. The molecule has 1 aromatic rings. The summed E-state index contributed by atoms with van der Waals surface area (Å²) in [5.41, 5.74) is 2.88. The monoisotopic (exact) mass is 246 g/mol. The fourth-order valence-corrected chi connectivity index (χ4v) is 2.57. The van der Waals surface area contributed by atoms with Crippen LogP contribution >= 0.6 is 0 Å². The Labute approximate surface area is 111 Å². The second-order valence-corrected chi connectivity index (χ2v) is 5.32. The second-order valence-electron chi connectivity index (χ2n) is 5.32. The summed E-state index contributed by atoms with van der Waals surface area (Å²) in [6, 6.07) is 9.04. The lowest BCUT2D eigenvalue weighted by molar-refractivity contribution is 0.358. The van der Waals surface area contributed by atoms with Crippen LogP contribution < -0.4 is 10.6 Å². The molecule has 2 rings (SSSR count). The zero-order chi connectivity index (χ0) is 12.6. The smallest absolute Gasteiger partial charge is 0.000824 e. The van der Waals surface area contributed by atoms with E-state index in [4.69, 9.17) is 0 Å². The molecule has 100 valence electrons. The lowest BCUT2D eigenvalue weighted by Crippen LogP contribution is -2.34. The van der Waals surface area contributed by atoms with Crippen LogP contribution in [0.15, 0.2) is 24.3 Å². The molecule has 0 amide bonds. The van der Waals surface area contributed by atoms with Crippen LogP contribution in [0, 0.1) is 5.92 Å². The van der Waals surface area contributed by atoms with E-state index in [1.165, 1.54) is 43.6 Å². The molecule has 2 nitrogen and oxygen atoms in total. The quantitative estimate of drug-likeness (QED) is 0.753. The van der Waals surface area contributed by atoms with Gasteiger partial charge in [0.1, 0.15) is 0 Å². The summed E-state index contributed by atoms with van der Waals surface area (Å²) in [5, 5.41) is 7.02. The zero-order valence-electron chi connectivity index (χ0n) is 11.5. The number of nitrogens with one attached hydrogen (secondary N) is 2. The Bertz CT molecular complexity index is 325. The molecular weight excluding hydrogens is 220 g/mol. The van der Waals surface area contributed by atoms with Crippen LogP contribution in [0.4, 0.5) is 0 Å². The van der Waals surface area contributed by atoms with Gasteiger partial charge in [-0.3, -0.25) is 0 Å². The first-order chi connectivity index (χ1) is 8.88. The molecule has 0 unspecified atom stereocenters. The summed E-state index contributed by atoms with van der Waals surface area (Å²) in [6.07, 6.45) is 4.94. The highest BCUT2D eigenvalue weighted by Crippen LogP contribution is 2.10. The van der Waals surface area contributed by atoms with E-state index in [1.807, 2.05) is 0 Å². The first-order valence-corrected chi connectivity index (χ1v) is 7.37. The lowest BCUT2D eigenvalue weighted by atomic mass is 9.98. The second kappa shape index (κ2) is 7.55. The van der Waals surface area contributed by atoms with E-state index in [-0.39, 0.29) is 0 Å². The van der Waals surface area contributed by atoms with Gasteiger partial charge < -0.3 is 10.6 Å². The van der Waals surface area contributed by atoms with E-state index >= 15 is 0 Å². The molecule has 0 aromatic heterocycles. The lowest BCUT2D eigenvalue weighted by Gasteiger charge is -2.22. The van der Waals surface area contributed by atoms with Crippen molar-refractivity contribution in [2.45, 2.75) is 32.6 Å². The van der Waals surface area contributed by atoms with Gasteiger partial charge in [0.2, 0.25) is 0 Å². The normalized spacial score (nSPS) is 16.9. The Morgan fingerprint density at radius 1 is 1.11 bits per heavy atom. The number of rotatable bonds is 6. The van der Waals surface area contributed by atoms with Gasteiger partial charge in [-0.1, -0.05) is 31.2 Å². The third-order valence-electron chi connectivity index (χ3n) is 3.91. The van der Waals surface area contributed by atoms with E-state index in [0.717, 1.165) is 25.3 Å². The molecule has 2 heteroatoms. The third kappa shape index (κ3) is 4.43. The van der Waals surface area contributed by atoms with E-state index in [2.05, 4.69) is 41.8 Å². The van der Waals surface area contributed by atoms with Crippen LogP contribution in [0.2, 0.25) is 0 Å². The average molecular weight is 246 g/mol. The van der Waals surface area contributed by atoms with Gasteiger partial charge in [0, 0.05) is 0 Å². The van der Waals surface area contributed by atoms with Crippen molar-refractivity contribution in [1.29, 1.82) is 0 Å². The Hall–Kier alpha value is -0.860. The third-order valence-corrected chi connectivity index (χ3v) is 3.91. The highest BCUT2D eigenvalue weighted by Gasteiger charge is 2.11. The SMILES string of the molecule is CCc1ccc(CCNCC2CCNCC2)cc1. The molecule has 1 aliphatic heterocycles. The van der Waals surface area contributed by atoms with Gasteiger partial charge in [-0.15, -0.1) is 0 Å². The molecule has 0 spiro atoms. The topological polar surface area (TPSA) is 24.1 Å². The molecule has 2 N–H and O–H groups in total. The number of hydrogen-bond acceptors (Lipinski definition) is 2. The van der Waals surface area contributed by atoms with Crippen LogP contribution in [0.3, 0.4) is 0 Å². The molecule has 0 aliphatic carbocycles. The summed E-state index contributed by atoms with van der Waals surface area (Å²) in [4.78, 5) is 0. The molecule has 0 bridgehead atoms. The van der Waals surface area contributed by atoms with Crippen molar-refractivity contribution in [2.75, 3.05) is 26.2 Å². The Morgan fingerprint density at radius 2 is 1.78 bits per heavy atom. The minimum Gasteiger partial charge on any atom is -0.317 e. The highest BCUT2D eigenvalue weighted by molar-refractivity contribution is 5.22. The van der Waals surface area contributed by atoms with Crippen LogP contribution in [0.1, 0.15) is 30.9 Å². The maximum absolute atomic E-state index is 3.60. The molecule has 0 saturated carbocycles. The van der Waals surface area contributed by atoms with Crippen LogP contribution in [-0.4, -0.2) is 26.2 Å². The summed E-state index contributed by atoms with van der Waals surface area (Å²) in [6.45, 7) is 6.90. The van der Waals surface area contributed by atoms with E-state index in [1.54, 1.807) is 0 Å². The maximum Gasteiger partial charge on any atom is -0.000824 e. The Balaban J connectivity index is 1.62. The summed E-state index contributed by atoms with van der Waals surface area (Å²) >= 11 is 0. The zero-order valence-corrected chi connectivity index (χ0v) is 11.5. The number of aryl methyl sites for hydroxylation is 1. The van der Waals surface area contributed by atoms with Crippen molar-refractivity contribution in [1.82, 2.24) is 10.6 Å². The van der Waals surface area contributed by atoms with Crippen molar-refractivity contribution >= 4 is 0 Å². The summed E-state index contributed by atoms with van der Waals surface area (Å²) in [5.74, 6) is 0.883. The first kappa shape index (κ1) is 13.6. The van der Waals surface area contributed by atoms with Gasteiger partial charge in [0.25, 0.3) is 0 Å². The van der Waals surface area contributed by atoms with Crippen molar-refractivity contribution in [3.8, 4) is 0 Å². The van der Waals surface area contributed by atoms with Gasteiger partial charge in [0.05, 0.1) is 0 Å². The van der Waals surface area contributed by atoms with Gasteiger partial charge in [-0.05, 0) is 68.9 Å². The minimum absolute atomic E-state index is 0.883. The first-order valence-electron chi connectivity index (χ1n) is 7.37. The molecule has 0 radical (unpaired) electrons. The van der Waals surface area contributed by atoms with Crippen molar-refractivity contribution < 1.29 is 0 Å². The van der Waals surface area contributed by atoms with Gasteiger partial charge in [-0.25, -0.2) is 0 Å². The Kier molecular flexibility index (Phi) is 5.69. The molecule has 1 aromatic carbocycles. The fourth-order valence-electron chi connectivity index (χ4n) is 2.57. The molecule has 0 atom stereocenters. The molecule has 1 fully saturated rings. The number of piperidine rings is 1. The number of hydrogen-bond donors (Lipinski definition) is 2. The highest BCUT2D eigenvalue weighted by atomic mass is 14.9. The van der Waals surface area contributed by atoms with Gasteiger partial charge in [-0.2, -0.15) is 0 Å². The van der Waals surface area contributed by atoms with Crippen molar-refractivity contribution in [3.63, 3.8) is 0 Å². The molecule has 1 heterocycles. The van der Waals surface area contributed by atoms with Crippen LogP contribution in [-0.2, 0) is 12.8 Å². The van der Waals surface area contributed by atoms with Crippen molar-refractivity contribution in [3.05, 3.63) is 35.4 Å².